The summed E-state index contributed by atoms with van der Waals surface area (Å²) in [6, 6.07) is 15.2. The molecule has 0 unspecified atom stereocenters. The van der Waals surface area contributed by atoms with Crippen LogP contribution in [0.15, 0.2) is 54.7 Å². The first-order valence-electron chi connectivity index (χ1n) is 6.52. The number of hydrogen-bond acceptors (Lipinski definition) is 2. The molecule has 0 aliphatic heterocycles. The molecule has 3 aromatic rings. The van der Waals surface area contributed by atoms with Gasteiger partial charge in [0.2, 0.25) is 0 Å². The van der Waals surface area contributed by atoms with Crippen LogP contribution >= 0.6 is 11.6 Å². The van der Waals surface area contributed by atoms with Gasteiger partial charge in [-0.25, -0.2) is 5.84 Å². The summed E-state index contributed by atoms with van der Waals surface area (Å²) >= 11 is 6.18. The summed E-state index contributed by atoms with van der Waals surface area (Å²) in [5, 5.41) is 1.79. The Morgan fingerprint density at radius 1 is 1.14 bits per heavy atom. The molecular formula is C16H14ClN3O. The van der Waals surface area contributed by atoms with E-state index in [-0.39, 0.29) is 5.91 Å². The zero-order valence-corrected chi connectivity index (χ0v) is 12.0. The monoisotopic (exact) mass is 299 g/mol. The van der Waals surface area contributed by atoms with Crippen LogP contribution in [0.3, 0.4) is 0 Å². The summed E-state index contributed by atoms with van der Waals surface area (Å²) in [7, 11) is 0. The Morgan fingerprint density at radius 3 is 2.62 bits per heavy atom. The molecule has 3 N–H and O–H groups in total. The third-order valence-corrected chi connectivity index (χ3v) is 3.79. The highest BCUT2D eigenvalue weighted by Crippen LogP contribution is 2.24. The van der Waals surface area contributed by atoms with Gasteiger partial charge in [-0.2, -0.15) is 0 Å². The Hall–Kier alpha value is -2.30. The smallest absolute Gasteiger partial charge is 0.265 e. The van der Waals surface area contributed by atoms with Crippen LogP contribution in [0.25, 0.3) is 10.9 Å². The van der Waals surface area contributed by atoms with E-state index in [1.54, 1.807) is 12.1 Å². The highest BCUT2D eigenvalue weighted by atomic mass is 35.5. The zero-order chi connectivity index (χ0) is 14.8. The number of carbonyl (C=O) groups excluding carboxylic acids is 1. The van der Waals surface area contributed by atoms with Crippen molar-refractivity contribution in [3.05, 3.63) is 70.9 Å². The molecule has 1 aromatic heterocycles. The summed E-state index contributed by atoms with van der Waals surface area (Å²) in [5.41, 5.74) is 4.85. The van der Waals surface area contributed by atoms with E-state index in [0.717, 1.165) is 21.5 Å². The summed E-state index contributed by atoms with van der Waals surface area (Å²) in [4.78, 5) is 11.4. The predicted molar refractivity (Wildman–Crippen MR) is 84.1 cm³/mol. The fourth-order valence-electron chi connectivity index (χ4n) is 2.37. The topological polar surface area (TPSA) is 60.0 Å². The molecule has 0 aliphatic carbocycles. The molecule has 0 aliphatic rings. The molecule has 4 nitrogen and oxygen atoms in total. The van der Waals surface area contributed by atoms with Gasteiger partial charge in [-0.15, -0.1) is 0 Å². The SMILES string of the molecule is NNC(=O)c1ccc(Cn2ccc3c(Cl)cccc32)cc1. The van der Waals surface area contributed by atoms with Crippen LogP contribution in [-0.4, -0.2) is 10.5 Å². The number of nitrogen functional groups attached to an aromatic ring is 1. The fourth-order valence-corrected chi connectivity index (χ4v) is 2.60. The minimum atomic E-state index is -0.292. The van der Waals surface area contributed by atoms with Crippen molar-refractivity contribution >= 4 is 28.4 Å². The number of amides is 1. The maximum absolute atomic E-state index is 11.4. The molecule has 1 heterocycles. The Labute approximate surface area is 127 Å². The van der Waals surface area contributed by atoms with Crippen molar-refractivity contribution in [3.8, 4) is 0 Å². The molecule has 21 heavy (non-hydrogen) atoms. The first-order valence-corrected chi connectivity index (χ1v) is 6.90. The molecule has 5 heteroatoms. The molecule has 0 spiro atoms. The second kappa shape index (κ2) is 5.60. The predicted octanol–water partition coefficient (Wildman–Crippen LogP) is 2.95. The highest BCUT2D eigenvalue weighted by Gasteiger charge is 2.06. The van der Waals surface area contributed by atoms with Gasteiger partial charge in [-0.3, -0.25) is 10.2 Å². The molecule has 0 bridgehead atoms. The molecule has 106 valence electrons. The van der Waals surface area contributed by atoms with Crippen molar-refractivity contribution in [1.82, 2.24) is 9.99 Å². The maximum Gasteiger partial charge on any atom is 0.265 e. The number of carbonyl (C=O) groups is 1. The number of rotatable bonds is 3. The Morgan fingerprint density at radius 2 is 1.90 bits per heavy atom. The summed E-state index contributed by atoms with van der Waals surface area (Å²) < 4.78 is 2.12. The average molecular weight is 300 g/mol. The van der Waals surface area contributed by atoms with Crippen LogP contribution < -0.4 is 11.3 Å². The van der Waals surface area contributed by atoms with Crippen LogP contribution in [-0.2, 0) is 6.54 Å². The second-order valence-electron chi connectivity index (χ2n) is 4.79. The molecule has 0 radical (unpaired) electrons. The lowest BCUT2D eigenvalue weighted by Crippen LogP contribution is -2.29. The van der Waals surface area contributed by atoms with Crippen molar-refractivity contribution in [2.45, 2.75) is 6.54 Å². The minimum absolute atomic E-state index is 0.292. The van der Waals surface area contributed by atoms with Gasteiger partial charge in [0, 0.05) is 34.2 Å². The lowest BCUT2D eigenvalue weighted by Gasteiger charge is -2.07. The van der Waals surface area contributed by atoms with Crippen LogP contribution in [0, 0.1) is 0 Å². The van der Waals surface area contributed by atoms with E-state index in [9.17, 15) is 4.79 Å². The summed E-state index contributed by atoms with van der Waals surface area (Å²) in [6.45, 7) is 0.717. The van der Waals surface area contributed by atoms with E-state index in [1.165, 1.54) is 0 Å². The standard InChI is InChI=1S/C16H14ClN3O/c17-14-2-1-3-15-13(14)8-9-20(15)10-11-4-6-12(7-5-11)16(21)19-18/h1-9H,10,18H2,(H,19,21). The second-order valence-corrected chi connectivity index (χ2v) is 5.19. The Bertz CT molecular complexity index is 793. The third kappa shape index (κ3) is 2.63. The van der Waals surface area contributed by atoms with Gasteiger partial charge in [-0.05, 0) is 35.9 Å². The number of hydrogen-bond donors (Lipinski definition) is 2. The van der Waals surface area contributed by atoms with E-state index in [2.05, 4.69) is 9.99 Å². The number of benzene rings is 2. The van der Waals surface area contributed by atoms with Gasteiger partial charge in [0.15, 0.2) is 0 Å². The first kappa shape index (κ1) is 13.7. The Balaban J connectivity index is 1.88. The lowest BCUT2D eigenvalue weighted by molar-refractivity contribution is 0.0953. The molecular weight excluding hydrogens is 286 g/mol. The summed E-state index contributed by atoms with van der Waals surface area (Å²) in [5.74, 6) is 4.82. The van der Waals surface area contributed by atoms with Gasteiger partial charge in [-0.1, -0.05) is 29.8 Å². The normalized spacial score (nSPS) is 10.8. The van der Waals surface area contributed by atoms with Crippen molar-refractivity contribution in [2.24, 2.45) is 5.84 Å². The number of fused-ring (bicyclic) bond motifs is 1. The molecule has 2 aromatic carbocycles. The molecule has 0 saturated carbocycles. The minimum Gasteiger partial charge on any atom is -0.343 e. The van der Waals surface area contributed by atoms with Gasteiger partial charge in [0.25, 0.3) is 5.91 Å². The number of nitrogens with one attached hydrogen (secondary N) is 1. The number of hydrazine groups is 1. The van der Waals surface area contributed by atoms with E-state index in [1.807, 2.05) is 42.6 Å². The van der Waals surface area contributed by atoms with Crippen LogP contribution in [0.1, 0.15) is 15.9 Å². The molecule has 0 saturated heterocycles. The van der Waals surface area contributed by atoms with Crippen LogP contribution in [0.5, 0.6) is 0 Å². The van der Waals surface area contributed by atoms with Crippen LogP contribution in [0.4, 0.5) is 0 Å². The van der Waals surface area contributed by atoms with E-state index < -0.39 is 0 Å². The molecule has 0 fully saturated rings. The number of halogens is 1. The van der Waals surface area contributed by atoms with E-state index in [0.29, 0.717) is 12.1 Å². The van der Waals surface area contributed by atoms with E-state index >= 15 is 0 Å². The molecule has 3 rings (SSSR count). The molecule has 1 amide bonds. The van der Waals surface area contributed by atoms with Gasteiger partial charge >= 0.3 is 0 Å². The first-order chi connectivity index (χ1) is 10.2. The van der Waals surface area contributed by atoms with Crippen molar-refractivity contribution < 1.29 is 4.79 Å². The zero-order valence-electron chi connectivity index (χ0n) is 11.2. The van der Waals surface area contributed by atoms with Gasteiger partial charge in [0.1, 0.15) is 0 Å². The summed E-state index contributed by atoms with van der Waals surface area (Å²) in [6.07, 6.45) is 2.01. The third-order valence-electron chi connectivity index (χ3n) is 3.46. The van der Waals surface area contributed by atoms with Crippen molar-refractivity contribution in [2.75, 3.05) is 0 Å². The largest absolute Gasteiger partial charge is 0.343 e. The van der Waals surface area contributed by atoms with Crippen LogP contribution in [0.2, 0.25) is 5.02 Å². The van der Waals surface area contributed by atoms with Crippen molar-refractivity contribution in [3.63, 3.8) is 0 Å². The van der Waals surface area contributed by atoms with Gasteiger partial charge in [0.05, 0.1) is 0 Å². The number of aromatic nitrogens is 1. The quantitative estimate of drug-likeness (QED) is 0.444. The van der Waals surface area contributed by atoms with Gasteiger partial charge < -0.3 is 4.57 Å². The maximum atomic E-state index is 11.4. The fraction of sp³-hybridized carbons (Fsp3) is 0.0625. The average Bonchev–Trinajstić information content (AvgIpc) is 2.92. The molecule has 0 atom stereocenters. The van der Waals surface area contributed by atoms with E-state index in [4.69, 9.17) is 17.4 Å². The van der Waals surface area contributed by atoms with Crippen molar-refractivity contribution in [1.29, 1.82) is 0 Å². The number of nitrogens with two attached hydrogens (primary N) is 1. The number of nitrogens with zero attached hydrogens (tertiary/aromatic N) is 1. The Kier molecular flexibility index (Phi) is 3.64. The highest BCUT2D eigenvalue weighted by molar-refractivity contribution is 6.35. The lowest BCUT2D eigenvalue weighted by atomic mass is 10.1.